The minimum absolute atomic E-state index is 0.0755. The second-order valence-corrected chi connectivity index (χ2v) is 7.50. The predicted molar refractivity (Wildman–Crippen MR) is 112 cm³/mol. The van der Waals surface area contributed by atoms with E-state index in [0.717, 1.165) is 16.9 Å². The molecule has 2 N–H and O–H groups in total. The average Bonchev–Trinajstić information content (AvgIpc) is 2.68. The van der Waals surface area contributed by atoms with Crippen LogP contribution in [0.1, 0.15) is 42.3 Å². The van der Waals surface area contributed by atoms with E-state index >= 15 is 0 Å². The van der Waals surface area contributed by atoms with Crippen molar-refractivity contribution in [3.05, 3.63) is 83.6 Å². The third kappa shape index (κ3) is 4.54. The zero-order valence-corrected chi connectivity index (χ0v) is 16.2. The minimum atomic E-state index is -0.206. The third-order valence-electron chi connectivity index (χ3n) is 4.27. The fraction of sp³-hybridized carbons (Fsp3) is 0.174. The van der Waals surface area contributed by atoms with Crippen molar-refractivity contribution < 1.29 is 4.79 Å². The molecule has 0 saturated carbocycles. The summed E-state index contributed by atoms with van der Waals surface area (Å²) in [6.07, 6.45) is 1.53. The molecule has 3 rings (SSSR count). The zero-order chi connectivity index (χ0) is 20.1. The Hall–Kier alpha value is -3.65. The number of hydrogen-bond acceptors (Lipinski definition) is 4. The number of hydrogen-bond donors (Lipinski definition) is 2. The summed E-state index contributed by atoms with van der Waals surface area (Å²) in [6.45, 7) is 6.34. The van der Waals surface area contributed by atoms with Crippen molar-refractivity contribution in [2.24, 2.45) is 0 Å². The van der Waals surface area contributed by atoms with Gasteiger partial charge in [0, 0.05) is 17.6 Å². The number of benzene rings is 2. The monoisotopic (exact) mass is 370 g/mol. The van der Waals surface area contributed by atoms with Crippen LogP contribution in [0.4, 0.5) is 17.2 Å². The quantitative estimate of drug-likeness (QED) is 0.658. The highest BCUT2D eigenvalue weighted by molar-refractivity contribution is 6.04. The minimum Gasteiger partial charge on any atom is -0.340 e. The van der Waals surface area contributed by atoms with E-state index in [1.165, 1.54) is 6.20 Å². The number of para-hydroxylation sites is 1. The van der Waals surface area contributed by atoms with Crippen LogP contribution in [0.5, 0.6) is 0 Å². The number of pyridine rings is 1. The lowest BCUT2D eigenvalue weighted by Gasteiger charge is -2.23. The van der Waals surface area contributed by atoms with Gasteiger partial charge in [-0.2, -0.15) is 5.26 Å². The van der Waals surface area contributed by atoms with Gasteiger partial charge in [0.1, 0.15) is 5.82 Å². The second-order valence-electron chi connectivity index (χ2n) is 7.50. The summed E-state index contributed by atoms with van der Waals surface area (Å²) in [5, 5.41) is 15.1. The fourth-order valence-corrected chi connectivity index (χ4v) is 2.86. The van der Waals surface area contributed by atoms with Crippen LogP contribution in [0.15, 0.2) is 66.9 Å². The Labute approximate surface area is 165 Å². The number of aromatic nitrogens is 1. The molecule has 1 aromatic heterocycles. The topological polar surface area (TPSA) is 77.8 Å². The predicted octanol–water partition coefficient (Wildman–Crippen LogP) is 5.25. The molecular weight excluding hydrogens is 348 g/mol. The van der Waals surface area contributed by atoms with E-state index in [9.17, 15) is 4.79 Å². The van der Waals surface area contributed by atoms with Crippen LogP contribution in [0.25, 0.3) is 0 Å². The highest BCUT2D eigenvalue weighted by atomic mass is 16.1. The van der Waals surface area contributed by atoms with Crippen molar-refractivity contribution >= 4 is 23.1 Å². The van der Waals surface area contributed by atoms with Crippen LogP contribution in [0.2, 0.25) is 0 Å². The van der Waals surface area contributed by atoms with Crippen LogP contribution < -0.4 is 10.6 Å². The van der Waals surface area contributed by atoms with Gasteiger partial charge < -0.3 is 10.6 Å². The Kier molecular flexibility index (Phi) is 5.42. The second kappa shape index (κ2) is 7.93. The molecule has 0 fully saturated rings. The summed E-state index contributed by atoms with van der Waals surface area (Å²) in [7, 11) is 0. The van der Waals surface area contributed by atoms with Crippen molar-refractivity contribution in [2.75, 3.05) is 10.6 Å². The van der Waals surface area contributed by atoms with Gasteiger partial charge in [-0.1, -0.05) is 45.0 Å². The van der Waals surface area contributed by atoms with Crippen LogP contribution >= 0.6 is 0 Å². The van der Waals surface area contributed by atoms with E-state index in [2.05, 4.69) is 42.5 Å². The Morgan fingerprint density at radius 2 is 1.82 bits per heavy atom. The number of carbonyl (C=O) groups is 1. The molecule has 0 aliphatic heterocycles. The number of amides is 1. The molecule has 0 spiro atoms. The number of nitrogens with zero attached hydrogens (tertiary/aromatic N) is 2. The van der Waals surface area contributed by atoms with Gasteiger partial charge in [-0.05, 0) is 47.4 Å². The van der Waals surface area contributed by atoms with Gasteiger partial charge in [0.15, 0.2) is 0 Å². The molecule has 0 aliphatic carbocycles. The standard InChI is InChI=1S/C23H22N4O/c1-23(2,3)19-9-4-5-10-20(19)27-22(28)17-11-12-21(25-15-17)26-18-8-6-7-16(13-18)14-24/h4-13,15H,1-3H3,(H,25,26)(H,27,28). The van der Waals surface area contributed by atoms with Crippen molar-refractivity contribution in [3.63, 3.8) is 0 Å². The average molecular weight is 370 g/mol. The van der Waals surface area contributed by atoms with Gasteiger partial charge >= 0.3 is 0 Å². The summed E-state index contributed by atoms with van der Waals surface area (Å²) in [4.78, 5) is 16.9. The maximum Gasteiger partial charge on any atom is 0.257 e. The molecule has 0 aliphatic rings. The molecule has 1 amide bonds. The Morgan fingerprint density at radius 1 is 1.04 bits per heavy atom. The summed E-state index contributed by atoms with van der Waals surface area (Å²) >= 11 is 0. The van der Waals surface area contributed by atoms with Crippen molar-refractivity contribution in [3.8, 4) is 6.07 Å². The van der Waals surface area contributed by atoms with Gasteiger partial charge in [-0.3, -0.25) is 4.79 Å². The first-order chi connectivity index (χ1) is 13.4. The van der Waals surface area contributed by atoms with Crippen LogP contribution in [-0.2, 0) is 5.41 Å². The van der Waals surface area contributed by atoms with Gasteiger partial charge in [0.25, 0.3) is 5.91 Å². The molecule has 140 valence electrons. The lowest BCUT2D eigenvalue weighted by Crippen LogP contribution is -2.18. The van der Waals surface area contributed by atoms with E-state index in [0.29, 0.717) is 16.9 Å². The largest absolute Gasteiger partial charge is 0.340 e. The van der Waals surface area contributed by atoms with Crippen LogP contribution in [-0.4, -0.2) is 10.9 Å². The van der Waals surface area contributed by atoms with Crippen LogP contribution in [0, 0.1) is 11.3 Å². The molecule has 0 unspecified atom stereocenters. The molecular formula is C23H22N4O. The number of nitriles is 1. The Morgan fingerprint density at radius 3 is 2.50 bits per heavy atom. The molecule has 28 heavy (non-hydrogen) atoms. The number of anilines is 3. The smallest absolute Gasteiger partial charge is 0.257 e. The SMILES string of the molecule is CC(C)(C)c1ccccc1NC(=O)c1ccc(Nc2cccc(C#N)c2)nc1. The molecule has 2 aromatic carbocycles. The van der Waals surface area contributed by atoms with Gasteiger partial charge in [0.05, 0.1) is 17.2 Å². The van der Waals surface area contributed by atoms with E-state index < -0.39 is 0 Å². The molecule has 0 saturated heterocycles. The van der Waals surface area contributed by atoms with Crippen molar-refractivity contribution in [1.82, 2.24) is 4.98 Å². The molecule has 0 atom stereocenters. The van der Waals surface area contributed by atoms with E-state index in [-0.39, 0.29) is 11.3 Å². The van der Waals surface area contributed by atoms with E-state index in [1.807, 2.05) is 30.3 Å². The zero-order valence-electron chi connectivity index (χ0n) is 16.2. The summed E-state index contributed by atoms with van der Waals surface area (Å²) in [5.41, 5.74) is 3.61. The lowest BCUT2D eigenvalue weighted by atomic mass is 9.86. The highest BCUT2D eigenvalue weighted by Crippen LogP contribution is 2.29. The summed E-state index contributed by atoms with van der Waals surface area (Å²) < 4.78 is 0. The molecule has 0 bridgehead atoms. The Bertz CT molecular complexity index is 1030. The maximum absolute atomic E-state index is 12.6. The molecule has 5 heteroatoms. The first kappa shape index (κ1) is 19.1. The third-order valence-corrected chi connectivity index (χ3v) is 4.27. The first-order valence-electron chi connectivity index (χ1n) is 9.01. The summed E-state index contributed by atoms with van der Waals surface area (Å²) in [5.74, 6) is 0.393. The van der Waals surface area contributed by atoms with Crippen molar-refractivity contribution in [2.45, 2.75) is 26.2 Å². The highest BCUT2D eigenvalue weighted by Gasteiger charge is 2.19. The normalized spacial score (nSPS) is 10.8. The lowest BCUT2D eigenvalue weighted by molar-refractivity contribution is 0.102. The first-order valence-corrected chi connectivity index (χ1v) is 9.01. The molecule has 0 radical (unpaired) electrons. The molecule has 5 nitrogen and oxygen atoms in total. The molecule has 1 heterocycles. The maximum atomic E-state index is 12.6. The summed E-state index contributed by atoms with van der Waals surface area (Å²) in [6, 6.07) is 20.5. The number of nitrogens with one attached hydrogen (secondary N) is 2. The Balaban J connectivity index is 1.73. The van der Waals surface area contributed by atoms with E-state index in [4.69, 9.17) is 5.26 Å². The van der Waals surface area contributed by atoms with Gasteiger partial charge in [-0.15, -0.1) is 0 Å². The van der Waals surface area contributed by atoms with E-state index in [1.54, 1.807) is 30.3 Å². The number of rotatable bonds is 4. The van der Waals surface area contributed by atoms with Crippen LogP contribution in [0.3, 0.4) is 0 Å². The van der Waals surface area contributed by atoms with Crippen molar-refractivity contribution in [1.29, 1.82) is 5.26 Å². The number of carbonyl (C=O) groups excluding carboxylic acids is 1. The molecule has 3 aromatic rings. The van der Waals surface area contributed by atoms with Gasteiger partial charge in [-0.25, -0.2) is 4.98 Å². The fourth-order valence-electron chi connectivity index (χ4n) is 2.86. The van der Waals surface area contributed by atoms with Gasteiger partial charge in [0.2, 0.25) is 0 Å².